The Morgan fingerprint density at radius 1 is 0.842 bits per heavy atom. The third kappa shape index (κ3) is 3.84. The van der Waals surface area contributed by atoms with Gasteiger partial charge in [-0.3, -0.25) is 0 Å². The van der Waals surface area contributed by atoms with E-state index in [-0.39, 0.29) is 5.41 Å². The standard InChI is InChI=1S/C17H19BrO/c1-17(2,3)16(18)13-9-11-15(12-10-13)19-14-7-5-4-6-8-14/h4-12,16H,1-3H3. The lowest BCUT2D eigenvalue weighted by atomic mass is 9.88. The molecule has 0 aromatic heterocycles. The lowest BCUT2D eigenvalue weighted by Gasteiger charge is -2.26. The molecule has 1 unspecified atom stereocenters. The number of benzene rings is 2. The Kier molecular flexibility index (Phi) is 4.31. The molecule has 0 radical (unpaired) electrons. The van der Waals surface area contributed by atoms with Crippen molar-refractivity contribution in [1.82, 2.24) is 0 Å². The minimum Gasteiger partial charge on any atom is -0.457 e. The van der Waals surface area contributed by atoms with Crippen LogP contribution in [0.25, 0.3) is 0 Å². The van der Waals surface area contributed by atoms with E-state index in [1.165, 1.54) is 5.56 Å². The van der Waals surface area contributed by atoms with Crippen LogP contribution in [0.5, 0.6) is 11.5 Å². The van der Waals surface area contributed by atoms with E-state index in [1.54, 1.807) is 0 Å². The van der Waals surface area contributed by atoms with Crippen molar-refractivity contribution in [2.24, 2.45) is 5.41 Å². The summed E-state index contributed by atoms with van der Waals surface area (Å²) in [5, 5.41) is 0. The van der Waals surface area contributed by atoms with E-state index in [1.807, 2.05) is 42.5 Å². The van der Waals surface area contributed by atoms with Crippen molar-refractivity contribution < 1.29 is 4.74 Å². The topological polar surface area (TPSA) is 9.23 Å². The molecule has 1 nitrogen and oxygen atoms in total. The molecular formula is C17H19BrO. The first-order valence-corrected chi connectivity index (χ1v) is 7.35. The quantitative estimate of drug-likeness (QED) is 0.634. The summed E-state index contributed by atoms with van der Waals surface area (Å²) in [4.78, 5) is 0.339. The summed E-state index contributed by atoms with van der Waals surface area (Å²) in [6.45, 7) is 6.67. The van der Waals surface area contributed by atoms with Crippen LogP contribution in [0.3, 0.4) is 0 Å². The summed E-state index contributed by atoms with van der Waals surface area (Å²) in [5.74, 6) is 1.73. The van der Waals surface area contributed by atoms with Crippen molar-refractivity contribution in [3.63, 3.8) is 0 Å². The number of hydrogen-bond acceptors (Lipinski definition) is 1. The van der Waals surface area contributed by atoms with Gasteiger partial charge in [0.05, 0.1) is 0 Å². The van der Waals surface area contributed by atoms with Crippen LogP contribution in [-0.2, 0) is 0 Å². The van der Waals surface area contributed by atoms with Crippen molar-refractivity contribution >= 4 is 15.9 Å². The molecule has 0 aliphatic carbocycles. The fraction of sp³-hybridized carbons (Fsp3) is 0.294. The maximum atomic E-state index is 5.78. The van der Waals surface area contributed by atoms with E-state index in [2.05, 4.69) is 48.8 Å². The molecule has 0 saturated carbocycles. The van der Waals surface area contributed by atoms with Crippen LogP contribution < -0.4 is 4.74 Å². The molecule has 2 aromatic rings. The van der Waals surface area contributed by atoms with E-state index in [4.69, 9.17) is 4.74 Å². The zero-order valence-electron chi connectivity index (χ0n) is 11.6. The third-order valence-corrected chi connectivity index (χ3v) is 4.81. The summed E-state index contributed by atoms with van der Waals surface area (Å²) >= 11 is 3.76. The van der Waals surface area contributed by atoms with E-state index in [9.17, 15) is 0 Å². The van der Waals surface area contributed by atoms with Crippen LogP contribution in [0.1, 0.15) is 31.2 Å². The number of para-hydroxylation sites is 1. The summed E-state index contributed by atoms with van der Waals surface area (Å²) in [6.07, 6.45) is 0. The van der Waals surface area contributed by atoms with Crippen molar-refractivity contribution in [3.8, 4) is 11.5 Å². The van der Waals surface area contributed by atoms with Crippen molar-refractivity contribution in [2.45, 2.75) is 25.6 Å². The minimum atomic E-state index is 0.196. The van der Waals surface area contributed by atoms with Crippen LogP contribution in [0.15, 0.2) is 54.6 Å². The number of alkyl halides is 1. The SMILES string of the molecule is CC(C)(C)C(Br)c1ccc(Oc2ccccc2)cc1. The van der Waals surface area contributed by atoms with E-state index in [0.717, 1.165) is 11.5 Å². The number of rotatable bonds is 3. The van der Waals surface area contributed by atoms with Gasteiger partial charge in [-0.2, -0.15) is 0 Å². The summed E-state index contributed by atoms with van der Waals surface area (Å²) in [6, 6.07) is 18.1. The molecule has 0 aliphatic rings. The zero-order valence-corrected chi connectivity index (χ0v) is 13.1. The highest BCUT2D eigenvalue weighted by Gasteiger charge is 2.23. The second-order valence-corrected chi connectivity index (χ2v) is 6.63. The van der Waals surface area contributed by atoms with Gasteiger partial charge in [-0.1, -0.05) is 67.0 Å². The average molecular weight is 319 g/mol. The predicted octanol–water partition coefficient (Wildman–Crippen LogP) is 5.96. The molecule has 1 atom stereocenters. The van der Waals surface area contributed by atoms with E-state index >= 15 is 0 Å². The second-order valence-electron chi connectivity index (χ2n) is 5.71. The van der Waals surface area contributed by atoms with Gasteiger partial charge in [0, 0.05) is 4.83 Å². The van der Waals surface area contributed by atoms with E-state index < -0.39 is 0 Å². The second kappa shape index (κ2) is 5.79. The Bertz CT molecular complexity index is 511. The average Bonchev–Trinajstić information content (AvgIpc) is 2.39. The van der Waals surface area contributed by atoms with Gasteiger partial charge in [0.2, 0.25) is 0 Å². The highest BCUT2D eigenvalue weighted by atomic mass is 79.9. The van der Waals surface area contributed by atoms with Gasteiger partial charge >= 0.3 is 0 Å². The van der Waals surface area contributed by atoms with Gasteiger partial charge < -0.3 is 4.74 Å². The molecule has 0 amide bonds. The molecular weight excluding hydrogens is 300 g/mol. The highest BCUT2D eigenvalue weighted by Crippen LogP contribution is 2.40. The maximum Gasteiger partial charge on any atom is 0.127 e. The molecule has 0 heterocycles. The molecule has 2 rings (SSSR count). The molecule has 0 aliphatic heterocycles. The Balaban J connectivity index is 2.11. The Morgan fingerprint density at radius 2 is 1.37 bits per heavy atom. The molecule has 19 heavy (non-hydrogen) atoms. The molecule has 100 valence electrons. The van der Waals surface area contributed by atoms with Gasteiger partial charge in [-0.15, -0.1) is 0 Å². The third-order valence-electron chi connectivity index (χ3n) is 2.91. The van der Waals surface area contributed by atoms with E-state index in [0.29, 0.717) is 4.83 Å². The fourth-order valence-electron chi connectivity index (χ4n) is 1.83. The molecule has 2 aromatic carbocycles. The molecule has 0 fully saturated rings. The van der Waals surface area contributed by atoms with Crippen LogP contribution in [0.4, 0.5) is 0 Å². The molecule has 0 saturated heterocycles. The fourth-order valence-corrected chi connectivity index (χ4v) is 2.13. The number of hydrogen-bond donors (Lipinski definition) is 0. The zero-order chi connectivity index (χ0) is 13.9. The van der Waals surface area contributed by atoms with Crippen LogP contribution >= 0.6 is 15.9 Å². The van der Waals surface area contributed by atoms with Crippen molar-refractivity contribution in [3.05, 3.63) is 60.2 Å². The number of ether oxygens (including phenoxy) is 1. The maximum absolute atomic E-state index is 5.78. The first-order valence-electron chi connectivity index (χ1n) is 6.44. The smallest absolute Gasteiger partial charge is 0.127 e. The van der Waals surface area contributed by atoms with Crippen LogP contribution in [0.2, 0.25) is 0 Å². The van der Waals surface area contributed by atoms with Gasteiger partial charge in [-0.25, -0.2) is 0 Å². The normalized spacial score (nSPS) is 13.1. The lowest BCUT2D eigenvalue weighted by molar-refractivity contribution is 0.407. The molecule has 0 bridgehead atoms. The van der Waals surface area contributed by atoms with Gasteiger partial charge in [0.15, 0.2) is 0 Å². The largest absolute Gasteiger partial charge is 0.457 e. The van der Waals surface area contributed by atoms with Crippen molar-refractivity contribution in [1.29, 1.82) is 0 Å². The first kappa shape index (κ1) is 14.1. The van der Waals surface area contributed by atoms with Gasteiger partial charge in [0.25, 0.3) is 0 Å². The van der Waals surface area contributed by atoms with Crippen LogP contribution in [0, 0.1) is 5.41 Å². The predicted molar refractivity (Wildman–Crippen MR) is 84.1 cm³/mol. The van der Waals surface area contributed by atoms with Crippen molar-refractivity contribution in [2.75, 3.05) is 0 Å². The number of halogens is 1. The van der Waals surface area contributed by atoms with Crippen LogP contribution in [-0.4, -0.2) is 0 Å². The molecule has 2 heteroatoms. The first-order chi connectivity index (χ1) is 8.97. The molecule has 0 N–H and O–H groups in total. The monoisotopic (exact) mass is 318 g/mol. The highest BCUT2D eigenvalue weighted by molar-refractivity contribution is 9.09. The Hall–Kier alpha value is -1.28. The van der Waals surface area contributed by atoms with Gasteiger partial charge in [0.1, 0.15) is 11.5 Å². The Labute approximate surface area is 123 Å². The Morgan fingerprint density at radius 3 is 1.89 bits per heavy atom. The summed E-state index contributed by atoms with van der Waals surface area (Å²) < 4.78 is 5.78. The lowest BCUT2D eigenvalue weighted by Crippen LogP contribution is -2.12. The molecule has 0 spiro atoms. The van der Waals surface area contributed by atoms with Gasteiger partial charge in [-0.05, 0) is 35.2 Å². The minimum absolute atomic E-state index is 0.196. The summed E-state index contributed by atoms with van der Waals surface area (Å²) in [5.41, 5.74) is 1.47. The summed E-state index contributed by atoms with van der Waals surface area (Å²) in [7, 11) is 0.